The van der Waals surface area contributed by atoms with Crippen LogP contribution in [0, 0.1) is 0 Å². The van der Waals surface area contributed by atoms with Gasteiger partial charge in [-0.25, -0.2) is 4.98 Å². The first-order valence-electron chi connectivity index (χ1n) is 10.1. The Labute approximate surface area is 181 Å². The first-order chi connectivity index (χ1) is 15.1. The van der Waals surface area contributed by atoms with Crippen molar-refractivity contribution in [2.24, 2.45) is 0 Å². The van der Waals surface area contributed by atoms with Gasteiger partial charge in [0.05, 0.1) is 36.9 Å². The maximum atomic E-state index is 12.9. The predicted molar refractivity (Wildman–Crippen MR) is 121 cm³/mol. The summed E-state index contributed by atoms with van der Waals surface area (Å²) in [5.41, 5.74) is 3.53. The molecule has 1 heterocycles. The fourth-order valence-corrected chi connectivity index (χ4v) is 3.68. The van der Waals surface area contributed by atoms with Crippen molar-refractivity contribution >= 4 is 16.9 Å². The molecule has 0 aliphatic heterocycles. The molecule has 0 saturated carbocycles. The smallest absolute Gasteiger partial charge is 0.255 e. The van der Waals surface area contributed by atoms with Gasteiger partial charge in [-0.05, 0) is 48.9 Å². The van der Waals surface area contributed by atoms with Crippen LogP contribution in [-0.4, -0.2) is 29.7 Å². The van der Waals surface area contributed by atoms with Crippen molar-refractivity contribution in [1.29, 1.82) is 0 Å². The summed E-state index contributed by atoms with van der Waals surface area (Å²) in [6.07, 6.45) is 0. The van der Waals surface area contributed by atoms with Gasteiger partial charge in [-0.1, -0.05) is 36.4 Å². The van der Waals surface area contributed by atoms with Crippen molar-refractivity contribution in [1.82, 2.24) is 14.9 Å². The molecule has 0 radical (unpaired) electrons. The third-order valence-corrected chi connectivity index (χ3v) is 5.27. The third-order valence-electron chi connectivity index (χ3n) is 5.27. The molecule has 0 aliphatic carbocycles. The lowest BCUT2D eigenvalue weighted by Crippen LogP contribution is -2.29. The van der Waals surface area contributed by atoms with E-state index >= 15 is 0 Å². The highest BCUT2D eigenvalue weighted by atomic mass is 16.5. The fourth-order valence-electron chi connectivity index (χ4n) is 3.68. The maximum Gasteiger partial charge on any atom is 0.255 e. The van der Waals surface area contributed by atoms with E-state index in [1.54, 1.807) is 26.4 Å². The van der Waals surface area contributed by atoms with E-state index in [0.29, 0.717) is 17.9 Å². The van der Waals surface area contributed by atoms with Crippen LogP contribution in [0.5, 0.6) is 11.5 Å². The van der Waals surface area contributed by atoms with Crippen LogP contribution >= 0.6 is 0 Å². The van der Waals surface area contributed by atoms with Gasteiger partial charge < -0.3 is 19.4 Å². The average molecular weight is 415 g/mol. The van der Waals surface area contributed by atoms with Crippen molar-refractivity contribution in [2.75, 3.05) is 14.2 Å². The molecule has 1 atom stereocenters. The summed E-state index contributed by atoms with van der Waals surface area (Å²) in [5, 5.41) is 3.07. The molecule has 1 unspecified atom stereocenters. The van der Waals surface area contributed by atoms with Crippen LogP contribution in [0.3, 0.4) is 0 Å². The minimum Gasteiger partial charge on any atom is -0.497 e. The normalized spacial score (nSPS) is 11.8. The van der Waals surface area contributed by atoms with Crippen LogP contribution in [0.1, 0.15) is 34.7 Å². The van der Waals surface area contributed by atoms with Gasteiger partial charge in [-0.3, -0.25) is 4.79 Å². The van der Waals surface area contributed by atoms with Crippen LogP contribution in [0.4, 0.5) is 0 Å². The molecule has 4 aromatic rings. The molecule has 4 rings (SSSR count). The highest BCUT2D eigenvalue weighted by Crippen LogP contribution is 2.24. The summed E-state index contributed by atoms with van der Waals surface area (Å²) in [5.74, 6) is 1.95. The molecular weight excluding hydrogens is 390 g/mol. The minimum absolute atomic E-state index is 0.201. The SMILES string of the molecule is COc1ccc(Cn2c(C(C)NC(=O)c3ccccc3OC)nc3ccccc32)cc1. The fraction of sp³-hybridized carbons (Fsp3) is 0.200. The lowest BCUT2D eigenvalue weighted by atomic mass is 10.1. The molecule has 31 heavy (non-hydrogen) atoms. The summed E-state index contributed by atoms with van der Waals surface area (Å²) in [4.78, 5) is 17.7. The second-order valence-electron chi connectivity index (χ2n) is 7.29. The van der Waals surface area contributed by atoms with Crippen LogP contribution < -0.4 is 14.8 Å². The van der Waals surface area contributed by atoms with E-state index in [-0.39, 0.29) is 11.9 Å². The molecule has 0 saturated heterocycles. The van der Waals surface area contributed by atoms with Crippen molar-refractivity contribution in [2.45, 2.75) is 19.5 Å². The molecule has 158 valence electrons. The Morgan fingerprint density at radius 3 is 2.42 bits per heavy atom. The molecule has 6 heteroatoms. The summed E-state index contributed by atoms with van der Waals surface area (Å²) in [7, 11) is 3.21. The van der Waals surface area contributed by atoms with Crippen LogP contribution in [0.25, 0.3) is 11.0 Å². The zero-order valence-corrected chi connectivity index (χ0v) is 17.8. The van der Waals surface area contributed by atoms with Gasteiger partial charge in [-0.2, -0.15) is 0 Å². The number of aromatic nitrogens is 2. The number of para-hydroxylation sites is 3. The number of nitrogens with zero attached hydrogens (tertiary/aromatic N) is 2. The number of carbonyl (C=O) groups is 1. The van der Waals surface area contributed by atoms with E-state index in [0.717, 1.165) is 28.2 Å². The van der Waals surface area contributed by atoms with Gasteiger partial charge in [0.2, 0.25) is 0 Å². The number of ether oxygens (including phenoxy) is 2. The standard InChI is InChI=1S/C25H25N3O3/c1-17(26-25(29)20-8-4-7-11-23(20)31-3)24-27-21-9-5-6-10-22(21)28(24)16-18-12-14-19(30-2)15-13-18/h4-15,17H,16H2,1-3H3,(H,26,29). The van der Waals surface area contributed by atoms with E-state index in [9.17, 15) is 4.79 Å². The summed E-state index contributed by atoms with van der Waals surface area (Å²) >= 11 is 0. The highest BCUT2D eigenvalue weighted by molar-refractivity contribution is 5.97. The Balaban J connectivity index is 1.66. The van der Waals surface area contributed by atoms with Gasteiger partial charge >= 0.3 is 0 Å². The summed E-state index contributed by atoms with van der Waals surface area (Å²) in [6, 6.07) is 22.8. The number of hydrogen-bond acceptors (Lipinski definition) is 4. The van der Waals surface area contributed by atoms with Gasteiger partial charge in [0.15, 0.2) is 0 Å². The van der Waals surface area contributed by atoms with Crippen LogP contribution in [0.2, 0.25) is 0 Å². The Morgan fingerprint density at radius 1 is 0.968 bits per heavy atom. The Bertz CT molecular complexity index is 1200. The Morgan fingerprint density at radius 2 is 1.68 bits per heavy atom. The first kappa shape index (κ1) is 20.5. The lowest BCUT2D eigenvalue weighted by Gasteiger charge is -2.17. The number of fused-ring (bicyclic) bond motifs is 1. The number of amides is 1. The molecule has 3 aromatic carbocycles. The second-order valence-corrected chi connectivity index (χ2v) is 7.29. The molecular formula is C25H25N3O3. The van der Waals surface area contributed by atoms with E-state index < -0.39 is 0 Å². The largest absolute Gasteiger partial charge is 0.497 e. The van der Waals surface area contributed by atoms with Crippen molar-refractivity contribution in [3.05, 3.63) is 89.7 Å². The lowest BCUT2D eigenvalue weighted by molar-refractivity contribution is 0.0934. The number of carbonyl (C=O) groups excluding carboxylic acids is 1. The van der Waals surface area contributed by atoms with Gasteiger partial charge in [-0.15, -0.1) is 0 Å². The molecule has 0 bridgehead atoms. The zero-order valence-electron chi connectivity index (χ0n) is 17.8. The highest BCUT2D eigenvalue weighted by Gasteiger charge is 2.20. The van der Waals surface area contributed by atoms with Gasteiger partial charge in [0.1, 0.15) is 17.3 Å². The number of imidazole rings is 1. The minimum atomic E-state index is -0.303. The topological polar surface area (TPSA) is 65.4 Å². The molecule has 1 amide bonds. The quantitative estimate of drug-likeness (QED) is 0.479. The Kier molecular flexibility index (Phi) is 5.89. The number of nitrogens with one attached hydrogen (secondary N) is 1. The van der Waals surface area contributed by atoms with Crippen molar-refractivity contribution in [3.8, 4) is 11.5 Å². The zero-order chi connectivity index (χ0) is 21.8. The summed E-state index contributed by atoms with van der Waals surface area (Å²) < 4.78 is 12.7. The molecule has 6 nitrogen and oxygen atoms in total. The molecule has 0 fully saturated rings. The molecule has 0 aliphatic rings. The number of methoxy groups -OCH3 is 2. The maximum absolute atomic E-state index is 12.9. The molecule has 1 N–H and O–H groups in total. The number of hydrogen-bond donors (Lipinski definition) is 1. The van der Waals surface area contributed by atoms with Crippen molar-refractivity contribution < 1.29 is 14.3 Å². The van der Waals surface area contributed by atoms with Crippen molar-refractivity contribution in [3.63, 3.8) is 0 Å². The first-order valence-corrected chi connectivity index (χ1v) is 10.1. The second kappa shape index (κ2) is 8.92. The predicted octanol–water partition coefficient (Wildman–Crippen LogP) is 4.59. The van der Waals surface area contributed by atoms with E-state index in [1.807, 2.05) is 67.6 Å². The number of rotatable bonds is 7. The summed E-state index contributed by atoms with van der Waals surface area (Å²) in [6.45, 7) is 2.58. The van der Waals surface area contributed by atoms with Crippen LogP contribution in [0.15, 0.2) is 72.8 Å². The van der Waals surface area contributed by atoms with Crippen LogP contribution in [-0.2, 0) is 6.54 Å². The molecule has 1 aromatic heterocycles. The number of benzene rings is 3. The van der Waals surface area contributed by atoms with E-state index in [2.05, 4.69) is 9.88 Å². The average Bonchev–Trinajstić information content (AvgIpc) is 3.18. The Hall–Kier alpha value is -3.80. The monoisotopic (exact) mass is 415 g/mol. The molecule has 0 spiro atoms. The van der Waals surface area contributed by atoms with E-state index in [1.165, 1.54) is 0 Å². The van der Waals surface area contributed by atoms with Gasteiger partial charge in [0.25, 0.3) is 5.91 Å². The van der Waals surface area contributed by atoms with Gasteiger partial charge in [0, 0.05) is 6.54 Å². The third kappa shape index (κ3) is 4.23. The van der Waals surface area contributed by atoms with E-state index in [4.69, 9.17) is 14.5 Å².